The van der Waals surface area contributed by atoms with E-state index in [0.717, 1.165) is 55.3 Å². The number of nitrogens with zero attached hydrogens (tertiary/aromatic N) is 5. The maximum absolute atomic E-state index is 9.64. The summed E-state index contributed by atoms with van der Waals surface area (Å²) in [6, 6.07) is 2.03. The molecule has 0 aromatic carbocycles. The third-order valence-corrected chi connectivity index (χ3v) is 5.09. The Morgan fingerprint density at radius 3 is 3.00 bits per heavy atom. The number of anilines is 2. The van der Waals surface area contributed by atoms with Crippen molar-refractivity contribution in [2.75, 3.05) is 30.4 Å². The first-order valence-electron chi connectivity index (χ1n) is 8.85. The molecule has 0 spiro atoms. The van der Waals surface area contributed by atoms with Crippen LogP contribution < -0.4 is 10.6 Å². The van der Waals surface area contributed by atoms with Gasteiger partial charge in [0.1, 0.15) is 5.82 Å². The molecule has 2 aromatic heterocycles. The number of rotatable bonds is 4. The van der Waals surface area contributed by atoms with Crippen LogP contribution in [0.3, 0.4) is 0 Å². The maximum Gasteiger partial charge on any atom is 0.222 e. The fourth-order valence-corrected chi connectivity index (χ4v) is 3.76. The van der Waals surface area contributed by atoms with Crippen molar-refractivity contribution >= 4 is 11.8 Å². The Kier molecular flexibility index (Phi) is 4.30. The molecule has 2 aliphatic heterocycles. The standard InChI is InChI=1S/C17H24N6O2/c1-2-23-15-3-5-22(8-12(15)14(9-24)21-23)16-7-13(19-17(18)20-16)11-4-6-25-10-11/h7,11,24H,2-6,8-10H2,1H3,(H2,18,19,20). The lowest BCUT2D eigenvalue weighted by Crippen LogP contribution is -2.32. The molecule has 4 rings (SSSR count). The summed E-state index contributed by atoms with van der Waals surface area (Å²) in [7, 11) is 0. The molecule has 0 amide bonds. The fraction of sp³-hybridized carbons (Fsp3) is 0.588. The van der Waals surface area contributed by atoms with Crippen LogP contribution in [0.2, 0.25) is 0 Å². The van der Waals surface area contributed by atoms with Crippen LogP contribution in [0, 0.1) is 0 Å². The minimum Gasteiger partial charge on any atom is -0.390 e. The van der Waals surface area contributed by atoms with Crippen molar-refractivity contribution in [3.63, 3.8) is 0 Å². The zero-order valence-electron chi connectivity index (χ0n) is 14.5. The molecule has 2 aromatic rings. The highest BCUT2D eigenvalue weighted by atomic mass is 16.5. The molecule has 1 atom stereocenters. The van der Waals surface area contributed by atoms with Crippen LogP contribution in [0.1, 0.15) is 41.9 Å². The van der Waals surface area contributed by atoms with Gasteiger partial charge in [-0.25, -0.2) is 4.98 Å². The van der Waals surface area contributed by atoms with Gasteiger partial charge in [-0.2, -0.15) is 10.1 Å². The highest BCUT2D eigenvalue weighted by Crippen LogP contribution is 2.30. The minimum absolute atomic E-state index is 0.0419. The summed E-state index contributed by atoms with van der Waals surface area (Å²) in [6.07, 6.45) is 1.85. The number of aryl methyl sites for hydroxylation is 1. The number of fused-ring (bicyclic) bond motifs is 1. The van der Waals surface area contributed by atoms with Gasteiger partial charge in [-0.3, -0.25) is 4.68 Å². The second kappa shape index (κ2) is 6.61. The molecule has 0 radical (unpaired) electrons. The van der Waals surface area contributed by atoms with E-state index >= 15 is 0 Å². The van der Waals surface area contributed by atoms with Gasteiger partial charge in [0.2, 0.25) is 5.95 Å². The summed E-state index contributed by atoms with van der Waals surface area (Å²) >= 11 is 0. The zero-order chi connectivity index (χ0) is 17.4. The molecule has 25 heavy (non-hydrogen) atoms. The second-order valence-electron chi connectivity index (χ2n) is 6.59. The second-order valence-corrected chi connectivity index (χ2v) is 6.59. The summed E-state index contributed by atoms with van der Waals surface area (Å²) in [5, 5.41) is 14.2. The summed E-state index contributed by atoms with van der Waals surface area (Å²) in [5.74, 6) is 1.44. The van der Waals surface area contributed by atoms with Crippen molar-refractivity contribution in [1.82, 2.24) is 19.7 Å². The fourth-order valence-electron chi connectivity index (χ4n) is 3.76. The predicted octanol–water partition coefficient (Wildman–Crippen LogP) is 0.834. The Balaban J connectivity index is 1.64. The Bertz CT molecular complexity index is 769. The number of aromatic nitrogens is 4. The molecule has 0 aliphatic carbocycles. The Labute approximate surface area is 146 Å². The van der Waals surface area contributed by atoms with Gasteiger partial charge in [0.15, 0.2) is 0 Å². The average molecular weight is 344 g/mol. The first kappa shape index (κ1) is 16.3. The van der Waals surface area contributed by atoms with Gasteiger partial charge in [0, 0.05) is 55.9 Å². The maximum atomic E-state index is 9.64. The van der Waals surface area contributed by atoms with E-state index in [4.69, 9.17) is 10.5 Å². The van der Waals surface area contributed by atoms with E-state index in [1.807, 2.05) is 10.7 Å². The summed E-state index contributed by atoms with van der Waals surface area (Å²) in [5.41, 5.74) is 10.0. The SMILES string of the molecule is CCn1nc(CO)c2c1CCN(c1cc(C3CCOC3)nc(N)n1)C2. The molecule has 0 saturated carbocycles. The largest absolute Gasteiger partial charge is 0.390 e. The zero-order valence-corrected chi connectivity index (χ0v) is 14.5. The molecule has 1 saturated heterocycles. The van der Waals surface area contributed by atoms with Crippen LogP contribution in [0.15, 0.2) is 6.07 Å². The van der Waals surface area contributed by atoms with Gasteiger partial charge < -0.3 is 20.5 Å². The van der Waals surface area contributed by atoms with Crippen molar-refractivity contribution in [3.05, 3.63) is 28.7 Å². The number of aliphatic hydroxyl groups is 1. The minimum atomic E-state index is -0.0419. The van der Waals surface area contributed by atoms with Crippen molar-refractivity contribution in [2.24, 2.45) is 0 Å². The summed E-state index contributed by atoms with van der Waals surface area (Å²) in [4.78, 5) is 11.1. The van der Waals surface area contributed by atoms with Gasteiger partial charge in [-0.1, -0.05) is 0 Å². The molecule has 2 aliphatic rings. The monoisotopic (exact) mass is 344 g/mol. The molecular formula is C17H24N6O2. The van der Waals surface area contributed by atoms with E-state index < -0.39 is 0 Å². The van der Waals surface area contributed by atoms with Gasteiger partial charge in [0.25, 0.3) is 0 Å². The van der Waals surface area contributed by atoms with E-state index in [9.17, 15) is 5.11 Å². The van der Waals surface area contributed by atoms with E-state index in [0.29, 0.717) is 25.0 Å². The number of nitrogens with two attached hydrogens (primary N) is 1. The Morgan fingerprint density at radius 1 is 1.40 bits per heavy atom. The number of nitrogen functional groups attached to an aromatic ring is 1. The van der Waals surface area contributed by atoms with Crippen LogP contribution in [-0.2, 0) is 30.9 Å². The van der Waals surface area contributed by atoms with Crippen LogP contribution in [-0.4, -0.2) is 44.6 Å². The predicted molar refractivity (Wildman–Crippen MR) is 93.2 cm³/mol. The third-order valence-electron chi connectivity index (χ3n) is 5.09. The molecule has 1 fully saturated rings. The molecule has 3 N–H and O–H groups in total. The molecule has 0 bridgehead atoms. The third kappa shape index (κ3) is 2.96. The summed E-state index contributed by atoms with van der Waals surface area (Å²) in [6.45, 7) is 5.84. The topological polar surface area (TPSA) is 102 Å². The van der Waals surface area contributed by atoms with Crippen molar-refractivity contribution in [2.45, 2.75) is 45.4 Å². The van der Waals surface area contributed by atoms with Gasteiger partial charge in [0.05, 0.1) is 24.6 Å². The first-order chi connectivity index (χ1) is 12.2. The molecule has 4 heterocycles. The van der Waals surface area contributed by atoms with Crippen LogP contribution >= 0.6 is 0 Å². The lowest BCUT2D eigenvalue weighted by Gasteiger charge is -2.29. The lowest BCUT2D eigenvalue weighted by molar-refractivity contribution is 0.193. The summed E-state index contributed by atoms with van der Waals surface area (Å²) < 4.78 is 7.47. The van der Waals surface area contributed by atoms with Crippen molar-refractivity contribution < 1.29 is 9.84 Å². The van der Waals surface area contributed by atoms with Crippen molar-refractivity contribution in [1.29, 1.82) is 0 Å². The first-order valence-corrected chi connectivity index (χ1v) is 8.85. The van der Waals surface area contributed by atoms with E-state index in [1.165, 1.54) is 5.69 Å². The van der Waals surface area contributed by atoms with Gasteiger partial charge >= 0.3 is 0 Å². The van der Waals surface area contributed by atoms with E-state index in [2.05, 4.69) is 26.9 Å². The number of hydrogen-bond acceptors (Lipinski definition) is 7. The molecular weight excluding hydrogens is 320 g/mol. The van der Waals surface area contributed by atoms with Crippen LogP contribution in [0.4, 0.5) is 11.8 Å². The lowest BCUT2D eigenvalue weighted by atomic mass is 10.0. The average Bonchev–Trinajstić information content (AvgIpc) is 3.28. The van der Waals surface area contributed by atoms with E-state index in [-0.39, 0.29) is 6.61 Å². The van der Waals surface area contributed by atoms with Crippen LogP contribution in [0.5, 0.6) is 0 Å². The Morgan fingerprint density at radius 2 is 2.28 bits per heavy atom. The highest BCUT2D eigenvalue weighted by molar-refractivity contribution is 5.48. The van der Waals surface area contributed by atoms with Gasteiger partial charge in [-0.05, 0) is 13.3 Å². The molecule has 1 unspecified atom stereocenters. The van der Waals surface area contributed by atoms with Crippen molar-refractivity contribution in [3.8, 4) is 0 Å². The number of aliphatic hydroxyl groups excluding tert-OH is 1. The Hall–Kier alpha value is -2.19. The quantitative estimate of drug-likeness (QED) is 0.847. The molecule has 8 nitrogen and oxygen atoms in total. The normalized spacial score (nSPS) is 20.1. The smallest absolute Gasteiger partial charge is 0.222 e. The van der Waals surface area contributed by atoms with E-state index in [1.54, 1.807) is 0 Å². The molecule has 8 heteroatoms. The van der Waals surface area contributed by atoms with Crippen LogP contribution in [0.25, 0.3) is 0 Å². The number of ether oxygens (including phenoxy) is 1. The highest BCUT2D eigenvalue weighted by Gasteiger charge is 2.27. The van der Waals surface area contributed by atoms with Gasteiger partial charge in [-0.15, -0.1) is 0 Å². The number of hydrogen-bond donors (Lipinski definition) is 2. The molecule has 134 valence electrons.